The van der Waals surface area contributed by atoms with Crippen LogP contribution in [0.15, 0.2) is 18.5 Å². The topological polar surface area (TPSA) is 34.9 Å². The molecule has 1 heterocycles. The lowest BCUT2D eigenvalue weighted by atomic mass is 9.96. The molecule has 0 aliphatic carbocycles. The van der Waals surface area contributed by atoms with Crippen molar-refractivity contribution in [1.29, 1.82) is 0 Å². The molecule has 0 unspecified atom stereocenters. The fourth-order valence-electron chi connectivity index (χ4n) is 0.849. The van der Waals surface area contributed by atoms with Crippen molar-refractivity contribution >= 4 is 6.29 Å². The summed E-state index contributed by atoms with van der Waals surface area (Å²) in [5.74, 6) is 0. The highest BCUT2D eigenvalue weighted by Gasteiger charge is 2.16. The lowest BCUT2D eigenvalue weighted by molar-refractivity contribution is -0.115. The predicted molar refractivity (Wildman–Crippen MR) is 42.1 cm³/mol. The molecule has 0 bridgehead atoms. The highest BCUT2D eigenvalue weighted by atomic mass is 16.1. The monoisotopic (exact) mass is 152 g/mol. The van der Waals surface area contributed by atoms with Gasteiger partial charge in [0.2, 0.25) is 0 Å². The van der Waals surface area contributed by atoms with E-state index in [-0.39, 0.29) is 5.41 Å². The molecule has 0 spiro atoms. The minimum Gasteiger partial charge on any atom is -0.303 e. The first-order valence-electron chi connectivity index (χ1n) is 3.58. The number of rotatable bonds is 3. The summed E-state index contributed by atoms with van der Waals surface area (Å²) < 4.78 is 1.76. The van der Waals surface area contributed by atoms with Gasteiger partial charge in [0, 0.05) is 17.8 Å². The molecule has 0 aromatic carbocycles. The van der Waals surface area contributed by atoms with E-state index < -0.39 is 0 Å². The van der Waals surface area contributed by atoms with Gasteiger partial charge >= 0.3 is 0 Å². The van der Waals surface area contributed by atoms with Crippen LogP contribution in [0.5, 0.6) is 0 Å². The van der Waals surface area contributed by atoms with Gasteiger partial charge in [-0.25, -0.2) is 0 Å². The van der Waals surface area contributed by atoms with Gasteiger partial charge < -0.3 is 4.79 Å². The molecule has 0 saturated heterocycles. The maximum absolute atomic E-state index is 10.5. The second-order valence-electron chi connectivity index (χ2n) is 3.31. The van der Waals surface area contributed by atoms with Gasteiger partial charge in [0.15, 0.2) is 0 Å². The molecule has 3 nitrogen and oxygen atoms in total. The average molecular weight is 152 g/mol. The fraction of sp³-hybridized carbons (Fsp3) is 0.500. The van der Waals surface area contributed by atoms with Crippen LogP contribution in [-0.4, -0.2) is 16.1 Å². The van der Waals surface area contributed by atoms with Crippen molar-refractivity contribution in [2.45, 2.75) is 20.4 Å². The van der Waals surface area contributed by atoms with Crippen LogP contribution in [0.2, 0.25) is 0 Å². The van der Waals surface area contributed by atoms with E-state index in [9.17, 15) is 4.79 Å². The molecule has 1 aromatic rings. The normalized spacial score (nSPS) is 11.5. The van der Waals surface area contributed by atoms with E-state index >= 15 is 0 Å². The zero-order chi connectivity index (χ0) is 8.32. The van der Waals surface area contributed by atoms with Gasteiger partial charge in [-0.2, -0.15) is 5.10 Å². The first-order valence-corrected chi connectivity index (χ1v) is 3.58. The summed E-state index contributed by atoms with van der Waals surface area (Å²) >= 11 is 0. The minimum atomic E-state index is -0.313. The molecule has 0 N–H and O–H groups in total. The number of aldehydes is 1. The molecule has 0 saturated carbocycles. The lowest BCUT2D eigenvalue weighted by Gasteiger charge is -2.15. The van der Waals surface area contributed by atoms with Gasteiger partial charge in [-0.05, 0) is 6.07 Å². The summed E-state index contributed by atoms with van der Waals surface area (Å²) in [4.78, 5) is 10.5. The largest absolute Gasteiger partial charge is 0.303 e. The Hall–Kier alpha value is -1.12. The number of carbonyl (C=O) groups is 1. The van der Waals surface area contributed by atoms with E-state index in [0.29, 0.717) is 6.54 Å². The van der Waals surface area contributed by atoms with Gasteiger partial charge in [0.1, 0.15) is 6.29 Å². The van der Waals surface area contributed by atoms with E-state index in [4.69, 9.17) is 0 Å². The summed E-state index contributed by atoms with van der Waals surface area (Å²) in [5.41, 5.74) is -0.313. The third kappa shape index (κ3) is 2.18. The molecule has 0 radical (unpaired) electrons. The third-order valence-electron chi connectivity index (χ3n) is 1.45. The molecule has 11 heavy (non-hydrogen) atoms. The Morgan fingerprint density at radius 1 is 1.64 bits per heavy atom. The molecule has 3 heteroatoms. The van der Waals surface area contributed by atoms with E-state index in [2.05, 4.69) is 5.10 Å². The Balaban J connectivity index is 2.63. The number of hydrogen-bond donors (Lipinski definition) is 0. The van der Waals surface area contributed by atoms with Crippen molar-refractivity contribution in [2.75, 3.05) is 0 Å². The standard InChI is InChI=1S/C8H12N2O/c1-8(2,7-11)6-10-5-3-4-9-10/h3-5,7H,6H2,1-2H3. The van der Waals surface area contributed by atoms with E-state index in [1.54, 1.807) is 10.9 Å². The summed E-state index contributed by atoms with van der Waals surface area (Å²) in [6, 6.07) is 1.85. The highest BCUT2D eigenvalue weighted by molar-refractivity contribution is 5.57. The number of carbonyl (C=O) groups excluding carboxylic acids is 1. The van der Waals surface area contributed by atoms with Gasteiger partial charge in [0.25, 0.3) is 0 Å². The third-order valence-corrected chi connectivity index (χ3v) is 1.45. The Morgan fingerprint density at radius 2 is 2.36 bits per heavy atom. The van der Waals surface area contributed by atoms with Gasteiger partial charge in [0.05, 0.1) is 6.54 Å². The van der Waals surface area contributed by atoms with Crippen LogP contribution in [0.25, 0.3) is 0 Å². The average Bonchev–Trinajstić information content (AvgIpc) is 2.39. The maximum Gasteiger partial charge on any atom is 0.127 e. The Bertz CT molecular complexity index is 226. The van der Waals surface area contributed by atoms with Crippen molar-refractivity contribution in [3.63, 3.8) is 0 Å². The highest BCUT2D eigenvalue weighted by Crippen LogP contribution is 2.12. The van der Waals surface area contributed by atoms with Gasteiger partial charge in [-0.15, -0.1) is 0 Å². The second-order valence-corrected chi connectivity index (χ2v) is 3.31. The number of hydrogen-bond acceptors (Lipinski definition) is 2. The lowest BCUT2D eigenvalue weighted by Crippen LogP contribution is -2.21. The quantitative estimate of drug-likeness (QED) is 0.608. The van der Waals surface area contributed by atoms with Crippen molar-refractivity contribution in [3.8, 4) is 0 Å². The SMILES string of the molecule is CC(C)(C=O)Cn1cccn1. The Morgan fingerprint density at radius 3 is 2.82 bits per heavy atom. The minimum absolute atomic E-state index is 0.313. The van der Waals surface area contributed by atoms with E-state index in [1.165, 1.54) is 0 Å². The first kappa shape index (κ1) is 7.98. The Labute approximate surface area is 66.0 Å². The van der Waals surface area contributed by atoms with Crippen LogP contribution in [0.3, 0.4) is 0 Å². The zero-order valence-electron chi connectivity index (χ0n) is 6.82. The first-order chi connectivity index (χ1) is 5.14. The maximum atomic E-state index is 10.5. The van der Waals surface area contributed by atoms with Crippen LogP contribution < -0.4 is 0 Å². The van der Waals surface area contributed by atoms with Crippen molar-refractivity contribution in [2.24, 2.45) is 5.41 Å². The summed E-state index contributed by atoms with van der Waals surface area (Å²) in [6.45, 7) is 4.42. The number of aromatic nitrogens is 2. The van der Waals surface area contributed by atoms with Gasteiger partial charge in [-0.3, -0.25) is 4.68 Å². The molecule has 0 aliphatic rings. The molecular formula is C8H12N2O. The van der Waals surface area contributed by atoms with Crippen LogP contribution in [0, 0.1) is 5.41 Å². The van der Waals surface area contributed by atoms with Crippen LogP contribution >= 0.6 is 0 Å². The molecular weight excluding hydrogens is 140 g/mol. The fourth-order valence-corrected chi connectivity index (χ4v) is 0.849. The Kier molecular flexibility index (Phi) is 2.08. The van der Waals surface area contributed by atoms with Crippen LogP contribution in [-0.2, 0) is 11.3 Å². The van der Waals surface area contributed by atoms with Crippen LogP contribution in [0.1, 0.15) is 13.8 Å². The van der Waals surface area contributed by atoms with Crippen molar-refractivity contribution in [1.82, 2.24) is 9.78 Å². The molecule has 0 amide bonds. The molecule has 1 rings (SSSR count). The zero-order valence-corrected chi connectivity index (χ0v) is 6.82. The van der Waals surface area contributed by atoms with Gasteiger partial charge in [-0.1, -0.05) is 13.8 Å². The molecule has 0 atom stereocenters. The smallest absolute Gasteiger partial charge is 0.127 e. The summed E-state index contributed by atoms with van der Waals surface area (Å²) in [6.07, 6.45) is 4.51. The van der Waals surface area contributed by atoms with E-state index in [1.807, 2.05) is 26.1 Å². The van der Waals surface area contributed by atoms with Crippen molar-refractivity contribution < 1.29 is 4.79 Å². The second kappa shape index (κ2) is 2.86. The molecule has 0 aliphatic heterocycles. The van der Waals surface area contributed by atoms with Crippen molar-refractivity contribution in [3.05, 3.63) is 18.5 Å². The van der Waals surface area contributed by atoms with E-state index in [0.717, 1.165) is 6.29 Å². The number of nitrogens with zero attached hydrogens (tertiary/aromatic N) is 2. The summed E-state index contributed by atoms with van der Waals surface area (Å²) in [7, 11) is 0. The van der Waals surface area contributed by atoms with Crippen LogP contribution in [0.4, 0.5) is 0 Å². The molecule has 1 aromatic heterocycles. The predicted octanol–water partition coefficient (Wildman–Crippen LogP) is 1.11. The molecule has 0 fully saturated rings. The molecule has 60 valence electrons. The summed E-state index contributed by atoms with van der Waals surface area (Å²) in [5, 5.41) is 4.01.